The Labute approximate surface area is 178 Å². The first kappa shape index (κ1) is 20.2. The summed E-state index contributed by atoms with van der Waals surface area (Å²) in [7, 11) is 0. The van der Waals surface area contributed by atoms with Crippen molar-refractivity contribution < 1.29 is 18.7 Å². The molecular weight excluding hydrogens is 402 g/mol. The molecule has 1 aromatic carbocycles. The molecule has 4 rings (SSSR count). The number of benzene rings is 1. The normalized spacial score (nSPS) is 16.1. The number of thiazole rings is 1. The van der Waals surface area contributed by atoms with E-state index in [1.165, 1.54) is 11.3 Å². The number of rotatable bonds is 7. The number of amides is 2. The lowest BCUT2D eigenvalue weighted by atomic mass is 10.1. The number of carbonyl (C=O) groups excluding carboxylic acids is 2. The number of carbonyl (C=O) groups is 2. The van der Waals surface area contributed by atoms with Crippen LogP contribution < -0.4 is 10.1 Å². The summed E-state index contributed by atoms with van der Waals surface area (Å²) < 4.78 is 10.8. The molecule has 0 spiro atoms. The van der Waals surface area contributed by atoms with Crippen LogP contribution in [0.3, 0.4) is 0 Å². The van der Waals surface area contributed by atoms with Crippen LogP contribution in [0.25, 0.3) is 11.3 Å². The molecule has 1 N–H and O–H groups in total. The predicted molar refractivity (Wildman–Crippen MR) is 114 cm³/mol. The fourth-order valence-electron chi connectivity index (χ4n) is 3.49. The SMILES string of the molecule is CCOc1ccc(-c2nc(NC(=O)C3CC(=O)N(Cc4ccco4)C3)sc2C)cc1. The minimum Gasteiger partial charge on any atom is -0.494 e. The maximum atomic E-state index is 12.7. The lowest BCUT2D eigenvalue weighted by Gasteiger charge is -2.14. The quantitative estimate of drug-likeness (QED) is 0.616. The summed E-state index contributed by atoms with van der Waals surface area (Å²) in [5.74, 6) is 0.896. The Balaban J connectivity index is 1.40. The Hall–Kier alpha value is -3.13. The van der Waals surface area contributed by atoms with Gasteiger partial charge in [0.15, 0.2) is 5.13 Å². The summed E-state index contributed by atoms with van der Waals surface area (Å²) in [5.41, 5.74) is 1.80. The zero-order valence-electron chi connectivity index (χ0n) is 16.9. The lowest BCUT2D eigenvalue weighted by molar-refractivity contribution is -0.128. The van der Waals surface area contributed by atoms with Crippen molar-refractivity contribution in [3.63, 3.8) is 0 Å². The van der Waals surface area contributed by atoms with E-state index in [1.807, 2.05) is 44.2 Å². The molecule has 1 unspecified atom stereocenters. The second kappa shape index (κ2) is 8.71. The van der Waals surface area contributed by atoms with Crippen LogP contribution in [0.15, 0.2) is 47.1 Å². The summed E-state index contributed by atoms with van der Waals surface area (Å²) in [6, 6.07) is 11.3. The van der Waals surface area contributed by atoms with E-state index in [1.54, 1.807) is 17.2 Å². The van der Waals surface area contributed by atoms with Crippen molar-refractivity contribution in [3.05, 3.63) is 53.3 Å². The molecule has 3 heterocycles. The van der Waals surface area contributed by atoms with Crippen molar-refractivity contribution >= 4 is 28.3 Å². The molecule has 0 aliphatic carbocycles. The van der Waals surface area contributed by atoms with E-state index < -0.39 is 5.92 Å². The molecule has 3 aromatic rings. The molecule has 7 nitrogen and oxygen atoms in total. The van der Waals surface area contributed by atoms with Crippen molar-refractivity contribution in [2.75, 3.05) is 18.5 Å². The third-order valence-corrected chi connectivity index (χ3v) is 5.86. The van der Waals surface area contributed by atoms with Gasteiger partial charge >= 0.3 is 0 Å². The highest BCUT2D eigenvalue weighted by molar-refractivity contribution is 7.16. The highest BCUT2D eigenvalue weighted by Gasteiger charge is 2.35. The standard InChI is InChI=1S/C22H23N3O4S/c1-3-28-17-8-6-15(7-9-17)20-14(2)30-22(23-20)24-21(27)16-11-19(26)25(12-16)13-18-5-4-10-29-18/h4-10,16H,3,11-13H2,1-2H3,(H,23,24,27). The number of furan rings is 1. The summed E-state index contributed by atoms with van der Waals surface area (Å²) in [6.07, 6.45) is 1.77. The molecule has 0 bridgehead atoms. The Morgan fingerprint density at radius 3 is 2.83 bits per heavy atom. The fourth-order valence-corrected chi connectivity index (χ4v) is 4.33. The van der Waals surface area contributed by atoms with Gasteiger partial charge in [-0.3, -0.25) is 9.59 Å². The molecule has 156 valence electrons. The first-order valence-corrected chi connectivity index (χ1v) is 10.7. The summed E-state index contributed by atoms with van der Waals surface area (Å²) in [5, 5.41) is 3.43. The zero-order chi connectivity index (χ0) is 21.1. The van der Waals surface area contributed by atoms with Crippen molar-refractivity contribution in [2.24, 2.45) is 5.92 Å². The minimum atomic E-state index is -0.398. The molecule has 2 amide bonds. The maximum absolute atomic E-state index is 12.7. The number of likely N-dealkylation sites (tertiary alicyclic amines) is 1. The molecule has 2 aromatic heterocycles. The van der Waals surface area contributed by atoms with Crippen molar-refractivity contribution in [3.8, 4) is 17.0 Å². The largest absolute Gasteiger partial charge is 0.494 e. The van der Waals surface area contributed by atoms with Crippen LogP contribution in [0.1, 0.15) is 24.0 Å². The first-order valence-electron chi connectivity index (χ1n) is 9.85. The van der Waals surface area contributed by atoms with E-state index >= 15 is 0 Å². The van der Waals surface area contributed by atoms with E-state index in [0.717, 1.165) is 21.9 Å². The molecule has 0 radical (unpaired) electrons. The predicted octanol–water partition coefficient (Wildman–Crippen LogP) is 4.10. The number of anilines is 1. The van der Waals surface area contributed by atoms with Gasteiger partial charge in [0.05, 0.1) is 31.0 Å². The minimum absolute atomic E-state index is 0.0445. The van der Waals surface area contributed by atoms with E-state index in [-0.39, 0.29) is 18.2 Å². The average molecular weight is 426 g/mol. The summed E-state index contributed by atoms with van der Waals surface area (Å²) in [4.78, 5) is 32.2. The smallest absolute Gasteiger partial charge is 0.231 e. The van der Waals surface area contributed by atoms with Crippen LogP contribution in [0.2, 0.25) is 0 Å². The van der Waals surface area contributed by atoms with Crippen LogP contribution in [0.5, 0.6) is 5.75 Å². The zero-order valence-corrected chi connectivity index (χ0v) is 17.7. The van der Waals surface area contributed by atoms with Gasteiger partial charge in [0.2, 0.25) is 11.8 Å². The topological polar surface area (TPSA) is 84.7 Å². The Morgan fingerprint density at radius 1 is 1.33 bits per heavy atom. The highest BCUT2D eigenvalue weighted by atomic mass is 32.1. The van der Waals surface area contributed by atoms with E-state index in [2.05, 4.69) is 10.3 Å². The molecule has 1 aliphatic heterocycles. The van der Waals surface area contributed by atoms with Gasteiger partial charge in [0, 0.05) is 23.4 Å². The van der Waals surface area contributed by atoms with E-state index in [9.17, 15) is 9.59 Å². The molecule has 1 fully saturated rings. The van der Waals surface area contributed by atoms with Gasteiger partial charge in [-0.1, -0.05) is 0 Å². The van der Waals surface area contributed by atoms with Crippen LogP contribution in [-0.2, 0) is 16.1 Å². The number of nitrogens with one attached hydrogen (secondary N) is 1. The van der Waals surface area contributed by atoms with Crippen LogP contribution in [0.4, 0.5) is 5.13 Å². The van der Waals surface area contributed by atoms with Crippen LogP contribution >= 0.6 is 11.3 Å². The van der Waals surface area contributed by atoms with Crippen LogP contribution in [0, 0.1) is 12.8 Å². The van der Waals surface area contributed by atoms with Crippen molar-refractivity contribution in [2.45, 2.75) is 26.8 Å². The Bertz CT molecular complexity index is 1030. The second-order valence-electron chi connectivity index (χ2n) is 7.13. The lowest BCUT2D eigenvalue weighted by Crippen LogP contribution is -2.27. The number of ether oxygens (including phenoxy) is 1. The number of aromatic nitrogens is 1. The van der Waals surface area contributed by atoms with Crippen LogP contribution in [-0.4, -0.2) is 34.8 Å². The van der Waals surface area contributed by atoms with Gasteiger partial charge in [-0.2, -0.15) is 0 Å². The third-order valence-electron chi connectivity index (χ3n) is 4.98. The van der Waals surface area contributed by atoms with Crippen molar-refractivity contribution in [1.82, 2.24) is 9.88 Å². The molecular formula is C22H23N3O4S. The molecule has 30 heavy (non-hydrogen) atoms. The summed E-state index contributed by atoms with van der Waals surface area (Å²) in [6.45, 7) is 5.30. The van der Waals surface area contributed by atoms with E-state index in [0.29, 0.717) is 30.6 Å². The monoisotopic (exact) mass is 425 g/mol. The van der Waals surface area contributed by atoms with Gasteiger partial charge in [0.25, 0.3) is 0 Å². The summed E-state index contributed by atoms with van der Waals surface area (Å²) >= 11 is 1.43. The number of aryl methyl sites for hydroxylation is 1. The average Bonchev–Trinajstić information content (AvgIpc) is 3.45. The molecule has 1 atom stereocenters. The van der Waals surface area contributed by atoms with Gasteiger partial charge in [-0.25, -0.2) is 4.98 Å². The van der Waals surface area contributed by atoms with E-state index in [4.69, 9.17) is 9.15 Å². The Morgan fingerprint density at radius 2 is 2.13 bits per heavy atom. The van der Waals surface area contributed by atoms with Gasteiger partial charge < -0.3 is 19.4 Å². The molecule has 0 saturated carbocycles. The third kappa shape index (κ3) is 4.38. The molecule has 1 aliphatic rings. The number of hydrogen-bond acceptors (Lipinski definition) is 6. The Kier molecular flexibility index (Phi) is 5.85. The van der Waals surface area contributed by atoms with Gasteiger partial charge in [-0.05, 0) is 50.2 Å². The number of nitrogens with zero attached hydrogens (tertiary/aromatic N) is 2. The molecule has 1 saturated heterocycles. The first-order chi connectivity index (χ1) is 14.5. The maximum Gasteiger partial charge on any atom is 0.231 e. The highest BCUT2D eigenvalue weighted by Crippen LogP contribution is 2.32. The van der Waals surface area contributed by atoms with Gasteiger partial charge in [-0.15, -0.1) is 11.3 Å². The fraction of sp³-hybridized carbons (Fsp3) is 0.318. The second-order valence-corrected chi connectivity index (χ2v) is 8.33. The number of hydrogen-bond donors (Lipinski definition) is 1. The van der Waals surface area contributed by atoms with Crippen molar-refractivity contribution in [1.29, 1.82) is 0 Å². The molecule has 8 heteroatoms. The van der Waals surface area contributed by atoms with Gasteiger partial charge in [0.1, 0.15) is 11.5 Å².